The van der Waals surface area contributed by atoms with Crippen LogP contribution in [0.15, 0.2) is 58.4 Å². The summed E-state index contributed by atoms with van der Waals surface area (Å²) in [5.41, 5.74) is 1.05. The van der Waals surface area contributed by atoms with Gasteiger partial charge in [-0.2, -0.15) is 0 Å². The summed E-state index contributed by atoms with van der Waals surface area (Å²) in [6.07, 6.45) is 2.69. The number of hydrogen-bond donors (Lipinski definition) is 2. The maximum Gasteiger partial charge on any atom is 0.191 e. The smallest absolute Gasteiger partial charge is 0.191 e. The lowest BCUT2D eigenvalue weighted by molar-refractivity contribution is 0.313. The number of halogens is 2. The molecule has 0 spiro atoms. The first kappa shape index (κ1) is 26.2. The third-order valence-electron chi connectivity index (χ3n) is 4.06. The van der Waals surface area contributed by atoms with Gasteiger partial charge in [-0.1, -0.05) is 12.1 Å². The second kappa shape index (κ2) is 13.4. The predicted molar refractivity (Wildman–Crippen MR) is 129 cm³/mol. The van der Waals surface area contributed by atoms with E-state index >= 15 is 0 Å². The molecule has 0 fully saturated rings. The van der Waals surface area contributed by atoms with Gasteiger partial charge in [0.05, 0.1) is 11.5 Å². The average Bonchev–Trinajstić information content (AvgIpc) is 2.69. The van der Waals surface area contributed by atoms with Crippen molar-refractivity contribution < 1.29 is 17.5 Å². The second-order valence-corrected chi connectivity index (χ2v) is 8.53. The Labute approximate surface area is 195 Å². The summed E-state index contributed by atoms with van der Waals surface area (Å²) in [7, 11) is -3.17. The van der Waals surface area contributed by atoms with Crippen LogP contribution >= 0.6 is 24.0 Å². The molecule has 166 valence electrons. The zero-order chi connectivity index (χ0) is 21.1. The number of benzene rings is 2. The summed E-state index contributed by atoms with van der Waals surface area (Å²) in [5.74, 6) is 1.08. The van der Waals surface area contributed by atoms with Crippen molar-refractivity contribution in [3.05, 3.63) is 59.9 Å². The van der Waals surface area contributed by atoms with Crippen molar-refractivity contribution in [1.29, 1.82) is 0 Å². The minimum Gasteiger partial charge on any atom is -0.494 e. The third kappa shape index (κ3) is 9.75. The summed E-state index contributed by atoms with van der Waals surface area (Å²) in [6.45, 7) is 4.52. The van der Waals surface area contributed by atoms with E-state index < -0.39 is 9.84 Å². The highest BCUT2D eigenvalue weighted by Gasteiger charge is 2.06. The molecule has 0 radical (unpaired) electrons. The van der Waals surface area contributed by atoms with Crippen LogP contribution in [0.2, 0.25) is 0 Å². The topological polar surface area (TPSA) is 79.8 Å². The Kier molecular flexibility index (Phi) is 11.7. The van der Waals surface area contributed by atoms with Gasteiger partial charge in [0.25, 0.3) is 0 Å². The Morgan fingerprint density at radius 2 is 1.73 bits per heavy atom. The molecule has 0 aliphatic heterocycles. The molecule has 0 saturated carbocycles. The van der Waals surface area contributed by atoms with Crippen molar-refractivity contribution >= 4 is 39.8 Å². The lowest BCUT2D eigenvalue weighted by atomic mass is 10.1. The Balaban J connectivity index is 0.00000450. The first-order chi connectivity index (χ1) is 13.9. The van der Waals surface area contributed by atoms with E-state index in [2.05, 4.69) is 15.6 Å². The van der Waals surface area contributed by atoms with E-state index in [1.807, 2.05) is 19.1 Å². The van der Waals surface area contributed by atoms with E-state index in [4.69, 9.17) is 4.74 Å². The minimum atomic E-state index is -3.17. The lowest BCUT2D eigenvalue weighted by Gasteiger charge is -2.11. The van der Waals surface area contributed by atoms with Crippen molar-refractivity contribution in [3.8, 4) is 5.75 Å². The summed E-state index contributed by atoms with van der Waals surface area (Å²) >= 11 is 0. The Morgan fingerprint density at radius 3 is 2.33 bits per heavy atom. The van der Waals surface area contributed by atoms with Gasteiger partial charge in [-0.3, -0.25) is 4.99 Å². The molecule has 0 aliphatic carbocycles. The van der Waals surface area contributed by atoms with Crippen molar-refractivity contribution in [2.45, 2.75) is 24.7 Å². The van der Waals surface area contributed by atoms with Gasteiger partial charge in [-0.05, 0) is 55.3 Å². The maximum atomic E-state index is 12.9. The average molecular weight is 549 g/mol. The van der Waals surface area contributed by atoms with Crippen LogP contribution in [-0.4, -0.2) is 46.9 Å². The fraction of sp³-hybridized carbons (Fsp3) is 0.381. The normalized spacial score (nSPS) is 11.5. The number of sulfone groups is 1. The van der Waals surface area contributed by atoms with Crippen LogP contribution in [0.3, 0.4) is 0 Å². The zero-order valence-electron chi connectivity index (χ0n) is 17.2. The quantitative estimate of drug-likeness (QED) is 0.206. The molecular weight excluding hydrogens is 520 g/mol. The van der Waals surface area contributed by atoms with E-state index in [0.29, 0.717) is 30.3 Å². The molecule has 0 unspecified atom stereocenters. The summed E-state index contributed by atoms with van der Waals surface area (Å²) in [5, 5.41) is 6.46. The third-order valence-corrected chi connectivity index (χ3v) is 5.19. The van der Waals surface area contributed by atoms with E-state index in [9.17, 15) is 12.8 Å². The first-order valence-electron chi connectivity index (χ1n) is 9.58. The number of nitrogens with one attached hydrogen (secondary N) is 2. The van der Waals surface area contributed by atoms with Crippen LogP contribution in [0, 0.1) is 5.82 Å². The van der Waals surface area contributed by atoms with Crippen LogP contribution < -0.4 is 15.4 Å². The minimum absolute atomic E-state index is 0. The highest BCUT2D eigenvalue weighted by Crippen LogP contribution is 2.11. The van der Waals surface area contributed by atoms with Crippen molar-refractivity contribution in [1.82, 2.24) is 10.6 Å². The largest absolute Gasteiger partial charge is 0.494 e. The van der Waals surface area contributed by atoms with Gasteiger partial charge in [0.1, 0.15) is 11.6 Å². The molecule has 0 aromatic heterocycles. The monoisotopic (exact) mass is 549 g/mol. The van der Waals surface area contributed by atoms with Crippen LogP contribution in [0.4, 0.5) is 4.39 Å². The summed E-state index contributed by atoms with van der Waals surface area (Å²) in [4.78, 5) is 4.84. The standard InChI is InChI=1S/C21H28FN3O3S.HI/c1-3-23-21(24-14-4-16-28-19-9-7-18(22)8-10-19)25-15-13-17-5-11-20(12-6-17)29(2,26)27;/h5-12H,3-4,13-16H2,1-2H3,(H2,23,24,25);1H. The van der Waals surface area contributed by atoms with E-state index in [1.165, 1.54) is 18.4 Å². The number of hydrogen-bond acceptors (Lipinski definition) is 4. The van der Waals surface area contributed by atoms with Crippen LogP contribution in [0.5, 0.6) is 5.75 Å². The predicted octanol–water partition coefficient (Wildman–Crippen LogP) is 3.41. The molecule has 2 aromatic rings. The van der Waals surface area contributed by atoms with Crippen molar-refractivity contribution in [3.63, 3.8) is 0 Å². The van der Waals surface area contributed by atoms with Crippen LogP contribution in [0.1, 0.15) is 18.9 Å². The van der Waals surface area contributed by atoms with Gasteiger partial charge in [0, 0.05) is 32.3 Å². The van der Waals surface area contributed by atoms with Gasteiger partial charge in [0.15, 0.2) is 15.8 Å². The van der Waals surface area contributed by atoms with Crippen LogP contribution in [-0.2, 0) is 16.3 Å². The highest BCUT2D eigenvalue weighted by atomic mass is 127. The number of aliphatic imine (C=N–C) groups is 1. The second-order valence-electron chi connectivity index (χ2n) is 6.51. The Hall–Kier alpha value is -1.88. The summed E-state index contributed by atoms with van der Waals surface area (Å²) in [6, 6.07) is 12.9. The van der Waals surface area contributed by atoms with Gasteiger partial charge >= 0.3 is 0 Å². The molecule has 2 rings (SSSR count). The number of guanidine groups is 1. The molecule has 0 saturated heterocycles. The lowest BCUT2D eigenvalue weighted by Crippen LogP contribution is -2.38. The number of ether oxygens (including phenoxy) is 1. The first-order valence-corrected chi connectivity index (χ1v) is 11.5. The molecular formula is C21H29FIN3O3S. The summed E-state index contributed by atoms with van der Waals surface area (Å²) < 4.78 is 41.4. The number of nitrogens with zero attached hydrogens (tertiary/aromatic N) is 1. The maximum absolute atomic E-state index is 12.9. The number of rotatable bonds is 10. The molecule has 9 heteroatoms. The molecule has 0 amide bonds. The fourth-order valence-electron chi connectivity index (χ4n) is 2.55. The molecule has 30 heavy (non-hydrogen) atoms. The van der Waals surface area contributed by atoms with E-state index in [0.717, 1.165) is 30.9 Å². The molecule has 0 heterocycles. The fourth-order valence-corrected chi connectivity index (χ4v) is 3.18. The molecule has 0 bridgehead atoms. The van der Waals surface area contributed by atoms with Gasteiger partial charge in [-0.15, -0.1) is 24.0 Å². The van der Waals surface area contributed by atoms with Gasteiger partial charge in [0.2, 0.25) is 0 Å². The van der Waals surface area contributed by atoms with E-state index in [-0.39, 0.29) is 29.8 Å². The van der Waals surface area contributed by atoms with Gasteiger partial charge in [-0.25, -0.2) is 12.8 Å². The zero-order valence-corrected chi connectivity index (χ0v) is 20.4. The molecule has 2 N–H and O–H groups in total. The highest BCUT2D eigenvalue weighted by molar-refractivity contribution is 14.0. The Bertz CT molecular complexity index is 889. The SMILES string of the molecule is CCNC(=NCCCOc1ccc(F)cc1)NCCc1ccc(S(C)(=O)=O)cc1.I. The Morgan fingerprint density at radius 1 is 1.07 bits per heavy atom. The molecule has 2 aromatic carbocycles. The van der Waals surface area contributed by atoms with Crippen molar-refractivity contribution in [2.24, 2.45) is 4.99 Å². The molecule has 0 aliphatic rings. The van der Waals surface area contributed by atoms with Crippen molar-refractivity contribution in [2.75, 3.05) is 32.5 Å². The molecule has 0 atom stereocenters. The van der Waals surface area contributed by atoms with Crippen LogP contribution in [0.25, 0.3) is 0 Å². The molecule has 6 nitrogen and oxygen atoms in total. The van der Waals surface area contributed by atoms with Gasteiger partial charge < -0.3 is 15.4 Å². The van der Waals surface area contributed by atoms with E-state index in [1.54, 1.807) is 24.3 Å².